The van der Waals surface area contributed by atoms with E-state index in [2.05, 4.69) is 42.7 Å². The van der Waals surface area contributed by atoms with Crippen LogP contribution in [0.15, 0.2) is 24.3 Å². The topological polar surface area (TPSA) is 33.3 Å². The second-order valence-electron chi connectivity index (χ2n) is 6.11. The van der Waals surface area contributed by atoms with Gasteiger partial charge in [0.05, 0.1) is 7.11 Å². The first-order chi connectivity index (χ1) is 9.12. The summed E-state index contributed by atoms with van der Waals surface area (Å²) in [6, 6.07) is 8.38. The Bertz CT molecular complexity index is 397. The van der Waals surface area contributed by atoms with Gasteiger partial charge in [-0.25, -0.2) is 0 Å². The molecule has 0 bridgehead atoms. The summed E-state index contributed by atoms with van der Waals surface area (Å²) >= 11 is 0. The van der Waals surface area contributed by atoms with Gasteiger partial charge < -0.3 is 15.4 Å². The Hall–Kier alpha value is -1.06. The zero-order valence-electron chi connectivity index (χ0n) is 12.3. The molecule has 1 aliphatic heterocycles. The van der Waals surface area contributed by atoms with Crippen LogP contribution in [0.3, 0.4) is 0 Å². The van der Waals surface area contributed by atoms with Crippen LogP contribution in [-0.4, -0.2) is 33.3 Å². The quantitative estimate of drug-likeness (QED) is 0.824. The SMILES string of the molecule is COc1cccc(C(C)(C)CNCC2CCNC2)c1. The van der Waals surface area contributed by atoms with Crippen LogP contribution in [-0.2, 0) is 5.41 Å². The van der Waals surface area contributed by atoms with Crippen LogP contribution >= 0.6 is 0 Å². The van der Waals surface area contributed by atoms with Gasteiger partial charge in [-0.2, -0.15) is 0 Å². The standard InChI is InChI=1S/C16H26N2O/c1-16(2,12-18-11-13-7-8-17-10-13)14-5-4-6-15(9-14)19-3/h4-6,9,13,17-18H,7-8,10-12H2,1-3H3. The fourth-order valence-electron chi connectivity index (χ4n) is 2.62. The maximum atomic E-state index is 5.31. The lowest BCUT2D eigenvalue weighted by atomic mass is 9.84. The van der Waals surface area contributed by atoms with E-state index in [0.717, 1.165) is 31.3 Å². The summed E-state index contributed by atoms with van der Waals surface area (Å²) in [5.74, 6) is 1.73. The molecule has 0 spiro atoms. The van der Waals surface area contributed by atoms with E-state index in [-0.39, 0.29) is 5.41 Å². The molecule has 2 rings (SSSR count). The van der Waals surface area contributed by atoms with Gasteiger partial charge in [-0.15, -0.1) is 0 Å². The van der Waals surface area contributed by atoms with E-state index < -0.39 is 0 Å². The third-order valence-electron chi connectivity index (χ3n) is 4.01. The summed E-state index contributed by atoms with van der Waals surface area (Å²) in [5, 5.41) is 7.03. The second kappa shape index (κ2) is 6.40. The highest BCUT2D eigenvalue weighted by Gasteiger charge is 2.22. The van der Waals surface area contributed by atoms with Gasteiger partial charge in [0.1, 0.15) is 5.75 Å². The molecule has 3 heteroatoms. The molecule has 0 amide bonds. The van der Waals surface area contributed by atoms with Crippen molar-refractivity contribution in [2.75, 3.05) is 33.3 Å². The fourth-order valence-corrected chi connectivity index (χ4v) is 2.62. The minimum Gasteiger partial charge on any atom is -0.497 e. The van der Waals surface area contributed by atoms with E-state index in [4.69, 9.17) is 4.74 Å². The van der Waals surface area contributed by atoms with E-state index in [1.807, 2.05) is 6.07 Å². The minimum atomic E-state index is 0.126. The molecule has 1 unspecified atom stereocenters. The van der Waals surface area contributed by atoms with Crippen molar-refractivity contribution in [1.29, 1.82) is 0 Å². The predicted molar refractivity (Wildman–Crippen MR) is 79.9 cm³/mol. The molecule has 0 aliphatic carbocycles. The number of hydrogen-bond acceptors (Lipinski definition) is 3. The van der Waals surface area contributed by atoms with Crippen molar-refractivity contribution >= 4 is 0 Å². The summed E-state index contributed by atoms with van der Waals surface area (Å²) < 4.78 is 5.31. The summed E-state index contributed by atoms with van der Waals surface area (Å²) in [4.78, 5) is 0. The normalized spacial score (nSPS) is 19.6. The van der Waals surface area contributed by atoms with Crippen molar-refractivity contribution in [3.8, 4) is 5.75 Å². The van der Waals surface area contributed by atoms with Gasteiger partial charge in [-0.05, 0) is 49.7 Å². The number of rotatable bonds is 6. The van der Waals surface area contributed by atoms with Crippen LogP contribution in [0.25, 0.3) is 0 Å². The van der Waals surface area contributed by atoms with Crippen LogP contribution < -0.4 is 15.4 Å². The van der Waals surface area contributed by atoms with Crippen LogP contribution in [0.2, 0.25) is 0 Å². The Balaban J connectivity index is 1.88. The van der Waals surface area contributed by atoms with Gasteiger partial charge in [0, 0.05) is 12.0 Å². The Morgan fingerprint density at radius 1 is 1.42 bits per heavy atom. The summed E-state index contributed by atoms with van der Waals surface area (Å²) in [6.07, 6.45) is 1.30. The molecule has 0 aromatic heterocycles. The van der Waals surface area contributed by atoms with Gasteiger partial charge in [0.2, 0.25) is 0 Å². The Morgan fingerprint density at radius 3 is 2.95 bits per heavy atom. The zero-order chi connectivity index (χ0) is 13.7. The maximum Gasteiger partial charge on any atom is 0.119 e. The molecule has 0 radical (unpaired) electrons. The highest BCUT2D eigenvalue weighted by molar-refractivity contribution is 5.33. The van der Waals surface area contributed by atoms with Gasteiger partial charge >= 0.3 is 0 Å². The number of methoxy groups -OCH3 is 1. The summed E-state index contributed by atoms with van der Waals surface area (Å²) in [7, 11) is 1.72. The van der Waals surface area contributed by atoms with Crippen LogP contribution in [0, 0.1) is 5.92 Å². The monoisotopic (exact) mass is 262 g/mol. The Labute approximate surface area is 116 Å². The van der Waals surface area contributed by atoms with Crippen molar-refractivity contribution in [3.63, 3.8) is 0 Å². The van der Waals surface area contributed by atoms with Crippen molar-refractivity contribution in [2.24, 2.45) is 5.92 Å². The third-order valence-corrected chi connectivity index (χ3v) is 4.01. The smallest absolute Gasteiger partial charge is 0.119 e. The first kappa shape index (κ1) is 14.4. The van der Waals surface area contributed by atoms with E-state index in [0.29, 0.717) is 0 Å². The Morgan fingerprint density at radius 2 is 2.26 bits per heavy atom. The van der Waals surface area contributed by atoms with Gasteiger partial charge in [0.25, 0.3) is 0 Å². The molecule has 2 N–H and O–H groups in total. The number of hydrogen-bond donors (Lipinski definition) is 2. The first-order valence-corrected chi connectivity index (χ1v) is 7.18. The molecule has 106 valence electrons. The molecule has 1 aliphatic rings. The molecule has 1 saturated heterocycles. The number of ether oxygens (including phenoxy) is 1. The maximum absolute atomic E-state index is 5.31. The molecular formula is C16H26N2O. The third kappa shape index (κ3) is 3.95. The Kier molecular flexibility index (Phi) is 4.83. The molecule has 1 fully saturated rings. The van der Waals surface area contributed by atoms with Gasteiger partial charge in [0.15, 0.2) is 0 Å². The van der Waals surface area contributed by atoms with E-state index in [1.54, 1.807) is 7.11 Å². The van der Waals surface area contributed by atoms with E-state index >= 15 is 0 Å². The van der Waals surface area contributed by atoms with Gasteiger partial charge in [-0.3, -0.25) is 0 Å². The zero-order valence-corrected chi connectivity index (χ0v) is 12.3. The van der Waals surface area contributed by atoms with E-state index in [9.17, 15) is 0 Å². The fraction of sp³-hybridized carbons (Fsp3) is 0.625. The first-order valence-electron chi connectivity index (χ1n) is 7.18. The molecule has 1 aromatic carbocycles. The average molecular weight is 262 g/mol. The second-order valence-corrected chi connectivity index (χ2v) is 6.11. The van der Waals surface area contributed by atoms with Crippen molar-refractivity contribution in [1.82, 2.24) is 10.6 Å². The molecular weight excluding hydrogens is 236 g/mol. The molecule has 1 atom stereocenters. The van der Waals surface area contributed by atoms with Crippen molar-refractivity contribution in [2.45, 2.75) is 25.7 Å². The predicted octanol–water partition coefficient (Wildman–Crippen LogP) is 2.17. The van der Waals surface area contributed by atoms with Crippen molar-refractivity contribution < 1.29 is 4.74 Å². The van der Waals surface area contributed by atoms with Crippen molar-refractivity contribution in [3.05, 3.63) is 29.8 Å². The largest absolute Gasteiger partial charge is 0.497 e. The molecule has 0 saturated carbocycles. The lowest BCUT2D eigenvalue weighted by molar-refractivity contribution is 0.407. The minimum absolute atomic E-state index is 0.126. The highest BCUT2D eigenvalue weighted by atomic mass is 16.5. The molecule has 1 aromatic rings. The van der Waals surface area contributed by atoms with Crippen LogP contribution in [0.4, 0.5) is 0 Å². The molecule has 19 heavy (non-hydrogen) atoms. The highest BCUT2D eigenvalue weighted by Crippen LogP contribution is 2.25. The molecule has 3 nitrogen and oxygen atoms in total. The molecule has 1 heterocycles. The average Bonchev–Trinajstić information content (AvgIpc) is 2.92. The van der Waals surface area contributed by atoms with Gasteiger partial charge in [-0.1, -0.05) is 26.0 Å². The lowest BCUT2D eigenvalue weighted by Gasteiger charge is -2.27. The van der Waals surface area contributed by atoms with Crippen LogP contribution in [0.5, 0.6) is 5.75 Å². The summed E-state index contributed by atoms with van der Waals surface area (Å²) in [6.45, 7) is 9.00. The lowest BCUT2D eigenvalue weighted by Crippen LogP contribution is -2.36. The number of benzene rings is 1. The van der Waals surface area contributed by atoms with Crippen LogP contribution in [0.1, 0.15) is 25.8 Å². The summed E-state index contributed by atoms with van der Waals surface area (Å²) in [5.41, 5.74) is 1.45. The van der Waals surface area contributed by atoms with E-state index in [1.165, 1.54) is 18.5 Å². The number of nitrogens with one attached hydrogen (secondary N) is 2.